The van der Waals surface area contributed by atoms with Crippen LogP contribution in [0.2, 0.25) is 0 Å². The van der Waals surface area contributed by atoms with Crippen LogP contribution in [0.3, 0.4) is 0 Å². The molecule has 0 aliphatic carbocycles. The van der Waals surface area contributed by atoms with E-state index in [-0.39, 0.29) is 0 Å². The fourth-order valence-electron chi connectivity index (χ4n) is 8.79. The Balaban J connectivity index is 1.04. The van der Waals surface area contributed by atoms with Crippen LogP contribution in [0.5, 0.6) is 0 Å². The molecule has 11 aromatic rings. The van der Waals surface area contributed by atoms with Gasteiger partial charge in [0.05, 0.1) is 11.0 Å². The zero-order valence-corrected chi connectivity index (χ0v) is 30.2. The molecule has 256 valence electrons. The number of fused-ring (bicyclic) bond motifs is 6. The van der Waals surface area contributed by atoms with E-state index in [1.54, 1.807) is 0 Å². The van der Waals surface area contributed by atoms with Crippen LogP contribution in [-0.2, 0) is 0 Å². The van der Waals surface area contributed by atoms with E-state index in [0.29, 0.717) is 0 Å². The second kappa shape index (κ2) is 12.7. The maximum atomic E-state index is 2.41. The lowest BCUT2D eigenvalue weighted by atomic mass is 9.85. The minimum atomic E-state index is 1.15. The molecule has 10 aromatic carbocycles. The summed E-state index contributed by atoms with van der Waals surface area (Å²) in [5, 5.41) is 10.1. The number of benzene rings is 10. The maximum Gasteiger partial charge on any atom is 0.0541 e. The van der Waals surface area contributed by atoms with Crippen LogP contribution in [0.15, 0.2) is 212 Å². The van der Waals surface area contributed by atoms with Gasteiger partial charge in [-0.15, -0.1) is 0 Å². The van der Waals surface area contributed by atoms with Gasteiger partial charge in [0.1, 0.15) is 0 Å². The summed E-state index contributed by atoms with van der Waals surface area (Å²) in [5.41, 5.74) is 13.5. The van der Waals surface area contributed by atoms with Gasteiger partial charge in [-0.2, -0.15) is 0 Å². The molecule has 0 spiro atoms. The molecular weight excluding hydrogens is 663 g/mol. The van der Waals surface area contributed by atoms with Crippen molar-refractivity contribution in [3.8, 4) is 50.2 Å². The van der Waals surface area contributed by atoms with Gasteiger partial charge in [-0.05, 0) is 113 Å². The standard InChI is InChI=1S/C54H35N/c1-2-12-36(13-3-1)38-22-25-39(26-23-38)53-46-17-6-8-19-48(46)54(49-20-9-7-18-47(49)53)40-28-31-44(32-29-40)55-51-21-11-10-16-45(51)50-35-43(30-33-52(50)55)42-27-24-37-14-4-5-15-41(37)34-42/h1-35H. The van der Waals surface area contributed by atoms with Crippen LogP contribution in [0, 0.1) is 0 Å². The third-order valence-electron chi connectivity index (χ3n) is 11.4. The lowest BCUT2D eigenvalue weighted by molar-refractivity contribution is 1.18. The molecule has 11 rings (SSSR count). The highest BCUT2D eigenvalue weighted by molar-refractivity contribution is 6.21. The highest BCUT2D eigenvalue weighted by Gasteiger charge is 2.18. The van der Waals surface area contributed by atoms with E-state index < -0.39 is 0 Å². The van der Waals surface area contributed by atoms with Gasteiger partial charge in [0.15, 0.2) is 0 Å². The fraction of sp³-hybridized carbons (Fsp3) is 0. The normalized spacial score (nSPS) is 11.6. The molecule has 0 aliphatic rings. The average Bonchev–Trinajstić information content (AvgIpc) is 3.59. The molecule has 0 bridgehead atoms. The summed E-state index contributed by atoms with van der Waals surface area (Å²) in [6.07, 6.45) is 0. The summed E-state index contributed by atoms with van der Waals surface area (Å²) in [4.78, 5) is 0. The van der Waals surface area contributed by atoms with E-state index in [2.05, 4.69) is 217 Å². The van der Waals surface area contributed by atoms with Crippen LogP contribution >= 0.6 is 0 Å². The van der Waals surface area contributed by atoms with E-state index in [4.69, 9.17) is 0 Å². The largest absolute Gasteiger partial charge is 0.309 e. The first-order valence-electron chi connectivity index (χ1n) is 19.0. The molecular formula is C54H35N. The monoisotopic (exact) mass is 697 g/mol. The van der Waals surface area contributed by atoms with Crippen LogP contribution in [0.25, 0.3) is 104 Å². The van der Waals surface area contributed by atoms with Crippen molar-refractivity contribution >= 4 is 54.1 Å². The lowest BCUT2D eigenvalue weighted by Crippen LogP contribution is -1.94. The Morgan fingerprint density at radius 2 is 0.673 bits per heavy atom. The minimum Gasteiger partial charge on any atom is -0.309 e. The molecule has 0 radical (unpaired) electrons. The highest BCUT2D eigenvalue weighted by atomic mass is 15.0. The fourth-order valence-corrected chi connectivity index (χ4v) is 8.79. The van der Waals surface area contributed by atoms with Crippen molar-refractivity contribution in [1.29, 1.82) is 0 Å². The van der Waals surface area contributed by atoms with Crippen LogP contribution in [0.4, 0.5) is 0 Å². The first-order valence-corrected chi connectivity index (χ1v) is 19.0. The second-order valence-electron chi connectivity index (χ2n) is 14.5. The van der Waals surface area contributed by atoms with Gasteiger partial charge in [0.25, 0.3) is 0 Å². The van der Waals surface area contributed by atoms with E-state index in [1.807, 2.05) is 0 Å². The van der Waals surface area contributed by atoms with Crippen molar-refractivity contribution < 1.29 is 0 Å². The van der Waals surface area contributed by atoms with Gasteiger partial charge in [-0.1, -0.05) is 176 Å². The summed E-state index contributed by atoms with van der Waals surface area (Å²) in [5.74, 6) is 0. The molecule has 1 heterocycles. The predicted octanol–water partition coefficient (Wildman–Crippen LogP) is 14.9. The van der Waals surface area contributed by atoms with Crippen molar-refractivity contribution in [2.24, 2.45) is 0 Å². The molecule has 1 heteroatoms. The number of aromatic nitrogens is 1. The first-order chi connectivity index (χ1) is 27.3. The van der Waals surface area contributed by atoms with Gasteiger partial charge >= 0.3 is 0 Å². The van der Waals surface area contributed by atoms with Gasteiger partial charge in [-0.3, -0.25) is 0 Å². The molecule has 0 saturated heterocycles. The highest BCUT2D eigenvalue weighted by Crippen LogP contribution is 2.44. The Morgan fingerprint density at radius 3 is 1.33 bits per heavy atom. The van der Waals surface area contributed by atoms with Gasteiger partial charge in [-0.25, -0.2) is 0 Å². The lowest BCUT2D eigenvalue weighted by Gasteiger charge is -2.18. The van der Waals surface area contributed by atoms with Gasteiger partial charge in [0, 0.05) is 16.5 Å². The third-order valence-corrected chi connectivity index (χ3v) is 11.4. The zero-order valence-electron chi connectivity index (χ0n) is 30.2. The van der Waals surface area contributed by atoms with E-state index in [1.165, 1.54) is 98.6 Å². The molecule has 1 aromatic heterocycles. The summed E-state index contributed by atoms with van der Waals surface area (Å²) < 4.78 is 2.41. The Morgan fingerprint density at radius 1 is 0.236 bits per heavy atom. The quantitative estimate of drug-likeness (QED) is 0.158. The minimum absolute atomic E-state index is 1.15. The first kappa shape index (κ1) is 31.3. The van der Waals surface area contributed by atoms with Crippen molar-refractivity contribution in [1.82, 2.24) is 4.57 Å². The smallest absolute Gasteiger partial charge is 0.0541 e. The zero-order chi connectivity index (χ0) is 36.3. The van der Waals surface area contributed by atoms with E-state index in [9.17, 15) is 0 Å². The van der Waals surface area contributed by atoms with Gasteiger partial charge < -0.3 is 4.57 Å². The van der Waals surface area contributed by atoms with Crippen molar-refractivity contribution in [3.63, 3.8) is 0 Å². The molecule has 1 nitrogen and oxygen atoms in total. The van der Waals surface area contributed by atoms with E-state index >= 15 is 0 Å². The summed E-state index contributed by atoms with van der Waals surface area (Å²) in [6.45, 7) is 0. The molecule has 0 fully saturated rings. The second-order valence-corrected chi connectivity index (χ2v) is 14.5. The van der Waals surface area contributed by atoms with Gasteiger partial charge in [0.2, 0.25) is 0 Å². The molecule has 0 amide bonds. The third kappa shape index (κ3) is 5.16. The Hall–Kier alpha value is -7.22. The summed E-state index contributed by atoms with van der Waals surface area (Å²) in [6, 6.07) is 77.7. The van der Waals surface area contributed by atoms with Crippen molar-refractivity contribution in [2.45, 2.75) is 0 Å². The number of hydrogen-bond acceptors (Lipinski definition) is 0. The van der Waals surface area contributed by atoms with Crippen LogP contribution < -0.4 is 0 Å². The number of hydrogen-bond donors (Lipinski definition) is 0. The number of rotatable bonds is 5. The molecule has 55 heavy (non-hydrogen) atoms. The maximum absolute atomic E-state index is 2.41. The Labute approximate surface area is 320 Å². The van der Waals surface area contributed by atoms with Crippen molar-refractivity contribution in [2.75, 3.05) is 0 Å². The molecule has 0 N–H and O–H groups in total. The SMILES string of the molecule is c1ccc(-c2ccc(-c3c4ccccc4c(-c4ccc(-n5c6ccccc6c6cc(-c7ccc8ccccc8c7)ccc65)cc4)c4ccccc34)cc2)cc1. The average molecular weight is 698 g/mol. The van der Waals surface area contributed by atoms with Crippen LogP contribution in [0.1, 0.15) is 0 Å². The number of para-hydroxylation sites is 1. The van der Waals surface area contributed by atoms with Crippen LogP contribution in [-0.4, -0.2) is 4.57 Å². The number of nitrogens with zero attached hydrogens (tertiary/aromatic N) is 1. The molecule has 0 saturated carbocycles. The Bertz CT molecular complexity index is 3170. The predicted molar refractivity (Wildman–Crippen MR) is 235 cm³/mol. The summed E-state index contributed by atoms with van der Waals surface area (Å²) >= 11 is 0. The Kier molecular flexibility index (Phi) is 7.25. The molecule has 0 atom stereocenters. The van der Waals surface area contributed by atoms with Crippen molar-refractivity contribution in [3.05, 3.63) is 212 Å². The molecule has 0 unspecified atom stereocenters. The molecule has 0 aliphatic heterocycles. The topological polar surface area (TPSA) is 4.93 Å². The summed E-state index contributed by atoms with van der Waals surface area (Å²) in [7, 11) is 0. The van der Waals surface area contributed by atoms with E-state index in [0.717, 1.165) is 5.69 Å².